The summed E-state index contributed by atoms with van der Waals surface area (Å²) in [7, 11) is 0. The number of amides is 2. The van der Waals surface area contributed by atoms with Crippen LogP contribution in [0.1, 0.15) is 58.2 Å². The highest BCUT2D eigenvalue weighted by Crippen LogP contribution is 2.22. The first-order valence-corrected chi connectivity index (χ1v) is 8.76. The van der Waals surface area contributed by atoms with Gasteiger partial charge in [0.15, 0.2) is 6.61 Å². The lowest BCUT2D eigenvalue weighted by atomic mass is 9.87. The fourth-order valence-electron chi connectivity index (χ4n) is 2.66. The Hall–Kier alpha value is -2.95. The van der Waals surface area contributed by atoms with Crippen molar-refractivity contribution >= 4 is 17.8 Å². The second-order valence-corrected chi connectivity index (χ2v) is 7.66. The van der Waals surface area contributed by atoms with Crippen molar-refractivity contribution in [3.05, 3.63) is 70.3 Å². The summed E-state index contributed by atoms with van der Waals surface area (Å²) in [6, 6.07) is 12.4. The van der Waals surface area contributed by atoms with Crippen LogP contribution >= 0.6 is 0 Å². The van der Waals surface area contributed by atoms with Gasteiger partial charge in [0.05, 0.1) is 5.56 Å². The zero-order valence-corrected chi connectivity index (χ0v) is 16.4. The standard InChI is InChI=1S/C22H25NO4/c1-14-10-15(2)12-17(11-14)21(26)27-13-19(24)23-20(25)16-6-8-18(9-7-16)22(3,4)5/h6-12H,13H2,1-5H3,(H,23,24,25). The van der Waals surface area contributed by atoms with E-state index in [0.717, 1.165) is 16.7 Å². The minimum absolute atomic E-state index is 0.0207. The highest BCUT2D eigenvalue weighted by atomic mass is 16.5. The Kier molecular flexibility index (Phi) is 6.16. The molecule has 1 N–H and O–H groups in total. The molecule has 0 heterocycles. The monoisotopic (exact) mass is 367 g/mol. The maximum absolute atomic E-state index is 12.1. The lowest BCUT2D eigenvalue weighted by molar-refractivity contribution is -0.123. The lowest BCUT2D eigenvalue weighted by Gasteiger charge is -2.19. The minimum Gasteiger partial charge on any atom is -0.452 e. The highest BCUT2D eigenvalue weighted by molar-refractivity contribution is 6.05. The molecule has 5 nitrogen and oxygen atoms in total. The Morgan fingerprint density at radius 2 is 1.44 bits per heavy atom. The summed E-state index contributed by atoms with van der Waals surface area (Å²) in [6.45, 7) is 9.47. The SMILES string of the molecule is Cc1cc(C)cc(C(=O)OCC(=O)NC(=O)c2ccc(C(C)(C)C)cc2)c1. The van der Waals surface area contributed by atoms with Crippen molar-refractivity contribution in [2.24, 2.45) is 0 Å². The van der Waals surface area contributed by atoms with Gasteiger partial charge in [-0.2, -0.15) is 0 Å². The number of rotatable bonds is 4. The molecule has 2 rings (SSSR count). The van der Waals surface area contributed by atoms with Crippen LogP contribution in [0.15, 0.2) is 42.5 Å². The molecule has 0 aliphatic carbocycles. The quantitative estimate of drug-likeness (QED) is 0.836. The molecule has 0 radical (unpaired) electrons. The molecule has 0 spiro atoms. The summed E-state index contributed by atoms with van der Waals surface area (Å²) in [6.07, 6.45) is 0. The van der Waals surface area contributed by atoms with E-state index in [1.807, 2.05) is 32.0 Å². The van der Waals surface area contributed by atoms with Gasteiger partial charge in [-0.1, -0.05) is 50.1 Å². The first-order chi connectivity index (χ1) is 12.6. The minimum atomic E-state index is -0.669. The number of esters is 1. The number of benzene rings is 2. The Bertz CT molecular complexity index is 841. The highest BCUT2D eigenvalue weighted by Gasteiger charge is 2.16. The first kappa shape index (κ1) is 20.4. The molecule has 0 atom stereocenters. The maximum atomic E-state index is 12.1. The summed E-state index contributed by atoms with van der Waals surface area (Å²) >= 11 is 0. The molecule has 0 fully saturated rings. The molecule has 0 saturated heterocycles. The Morgan fingerprint density at radius 3 is 1.96 bits per heavy atom. The van der Waals surface area contributed by atoms with Gasteiger partial charge in [-0.3, -0.25) is 14.9 Å². The van der Waals surface area contributed by atoms with E-state index in [9.17, 15) is 14.4 Å². The van der Waals surface area contributed by atoms with Gasteiger partial charge in [0, 0.05) is 5.56 Å². The molecule has 2 aromatic carbocycles. The van der Waals surface area contributed by atoms with Gasteiger partial charge < -0.3 is 4.74 Å². The second kappa shape index (κ2) is 8.16. The summed E-state index contributed by atoms with van der Waals surface area (Å²) < 4.78 is 5.00. The van der Waals surface area contributed by atoms with E-state index < -0.39 is 24.4 Å². The van der Waals surface area contributed by atoms with Crippen molar-refractivity contribution in [2.75, 3.05) is 6.61 Å². The van der Waals surface area contributed by atoms with Crippen LogP contribution in [0.4, 0.5) is 0 Å². The zero-order valence-electron chi connectivity index (χ0n) is 16.4. The number of aryl methyl sites for hydroxylation is 2. The topological polar surface area (TPSA) is 72.5 Å². The van der Waals surface area contributed by atoms with E-state index in [2.05, 4.69) is 26.1 Å². The molecular formula is C22H25NO4. The lowest BCUT2D eigenvalue weighted by Crippen LogP contribution is -2.34. The first-order valence-electron chi connectivity index (χ1n) is 8.76. The van der Waals surface area contributed by atoms with Gasteiger partial charge in [0.1, 0.15) is 0 Å². The predicted octanol–water partition coefficient (Wildman–Crippen LogP) is 3.71. The zero-order chi connectivity index (χ0) is 20.2. The summed E-state index contributed by atoms with van der Waals surface area (Å²) in [5.41, 5.74) is 3.68. The van der Waals surface area contributed by atoms with E-state index in [-0.39, 0.29) is 5.41 Å². The van der Waals surface area contributed by atoms with Crippen LogP contribution in [-0.2, 0) is 14.9 Å². The van der Waals surface area contributed by atoms with Gasteiger partial charge in [0.2, 0.25) is 0 Å². The number of carbonyl (C=O) groups is 3. The van der Waals surface area contributed by atoms with Gasteiger partial charge in [0.25, 0.3) is 11.8 Å². The molecular weight excluding hydrogens is 342 g/mol. The van der Waals surface area contributed by atoms with Gasteiger partial charge in [-0.15, -0.1) is 0 Å². The summed E-state index contributed by atoms with van der Waals surface area (Å²) in [5, 5.41) is 2.23. The van der Waals surface area contributed by atoms with Crippen LogP contribution in [0.25, 0.3) is 0 Å². The Balaban J connectivity index is 1.91. The van der Waals surface area contributed by atoms with Gasteiger partial charge in [-0.05, 0) is 49.1 Å². The van der Waals surface area contributed by atoms with Crippen LogP contribution in [0.3, 0.4) is 0 Å². The average molecular weight is 367 g/mol. The summed E-state index contributed by atoms with van der Waals surface area (Å²) in [5.74, 6) is -1.79. The largest absolute Gasteiger partial charge is 0.452 e. The number of imide groups is 1. The Morgan fingerprint density at radius 1 is 0.889 bits per heavy atom. The van der Waals surface area contributed by atoms with E-state index >= 15 is 0 Å². The van der Waals surface area contributed by atoms with Crippen LogP contribution in [0.2, 0.25) is 0 Å². The molecule has 0 saturated carbocycles. The third kappa shape index (κ3) is 5.78. The summed E-state index contributed by atoms with van der Waals surface area (Å²) in [4.78, 5) is 36.1. The number of nitrogens with one attached hydrogen (secondary N) is 1. The van der Waals surface area contributed by atoms with Gasteiger partial charge in [-0.25, -0.2) is 4.79 Å². The third-order valence-electron chi connectivity index (χ3n) is 4.06. The maximum Gasteiger partial charge on any atom is 0.338 e. The molecule has 0 bridgehead atoms. The van der Waals surface area contributed by atoms with Crippen molar-refractivity contribution in [3.63, 3.8) is 0 Å². The molecule has 0 aromatic heterocycles. The van der Waals surface area contributed by atoms with Crippen LogP contribution in [0, 0.1) is 13.8 Å². The molecule has 2 amide bonds. The van der Waals surface area contributed by atoms with E-state index in [4.69, 9.17) is 4.74 Å². The van der Waals surface area contributed by atoms with E-state index in [0.29, 0.717) is 11.1 Å². The van der Waals surface area contributed by atoms with Crippen molar-refractivity contribution in [2.45, 2.75) is 40.0 Å². The van der Waals surface area contributed by atoms with Crippen molar-refractivity contribution < 1.29 is 19.1 Å². The third-order valence-corrected chi connectivity index (χ3v) is 4.06. The Labute approximate surface area is 159 Å². The number of carbonyl (C=O) groups excluding carboxylic acids is 3. The van der Waals surface area contributed by atoms with Crippen molar-refractivity contribution in [1.29, 1.82) is 0 Å². The molecule has 142 valence electrons. The average Bonchev–Trinajstić information content (AvgIpc) is 2.58. The van der Waals surface area contributed by atoms with Crippen molar-refractivity contribution in [1.82, 2.24) is 5.32 Å². The fraction of sp³-hybridized carbons (Fsp3) is 0.318. The molecule has 0 aliphatic heterocycles. The van der Waals surface area contributed by atoms with E-state index in [1.165, 1.54) is 0 Å². The van der Waals surface area contributed by atoms with Crippen molar-refractivity contribution in [3.8, 4) is 0 Å². The van der Waals surface area contributed by atoms with E-state index in [1.54, 1.807) is 24.3 Å². The second-order valence-electron chi connectivity index (χ2n) is 7.66. The van der Waals surface area contributed by atoms with Crippen LogP contribution in [-0.4, -0.2) is 24.4 Å². The predicted molar refractivity (Wildman–Crippen MR) is 104 cm³/mol. The van der Waals surface area contributed by atoms with Crippen LogP contribution in [0.5, 0.6) is 0 Å². The number of hydrogen-bond donors (Lipinski definition) is 1. The smallest absolute Gasteiger partial charge is 0.338 e. The normalized spacial score (nSPS) is 11.0. The number of ether oxygens (including phenoxy) is 1. The molecule has 0 aliphatic rings. The molecule has 0 unspecified atom stereocenters. The molecule has 27 heavy (non-hydrogen) atoms. The molecule has 2 aromatic rings. The molecule has 5 heteroatoms. The van der Waals surface area contributed by atoms with Crippen LogP contribution < -0.4 is 5.32 Å². The fourth-order valence-corrected chi connectivity index (χ4v) is 2.66. The number of hydrogen-bond acceptors (Lipinski definition) is 4. The van der Waals surface area contributed by atoms with Gasteiger partial charge >= 0.3 is 5.97 Å².